The van der Waals surface area contributed by atoms with Crippen molar-refractivity contribution >= 4 is 23.2 Å². The first-order valence-electron chi connectivity index (χ1n) is 12.7. The van der Waals surface area contributed by atoms with Gasteiger partial charge in [-0.1, -0.05) is 58.0 Å². The fraction of sp³-hybridized carbons (Fsp3) is 0.310. The fourth-order valence-electron chi connectivity index (χ4n) is 4.58. The molecule has 9 heteroatoms. The second-order valence-corrected chi connectivity index (χ2v) is 9.99. The van der Waals surface area contributed by atoms with E-state index in [4.69, 9.17) is 4.74 Å². The Morgan fingerprint density at radius 3 is 2.13 bits per heavy atom. The van der Waals surface area contributed by atoms with Gasteiger partial charge in [-0.2, -0.15) is 5.21 Å². The highest BCUT2D eigenvalue weighted by Gasteiger charge is 2.25. The van der Waals surface area contributed by atoms with Crippen molar-refractivity contribution in [1.82, 2.24) is 20.6 Å². The van der Waals surface area contributed by atoms with Crippen LogP contribution in [0.1, 0.15) is 27.7 Å². The molecule has 1 amide bonds. The van der Waals surface area contributed by atoms with Crippen LogP contribution in [0.4, 0.5) is 21.9 Å². The van der Waals surface area contributed by atoms with Crippen LogP contribution >= 0.6 is 0 Å². The van der Waals surface area contributed by atoms with Crippen LogP contribution in [0, 0.1) is 11.8 Å². The number of benzene rings is 3. The Hall–Kier alpha value is -4.40. The van der Waals surface area contributed by atoms with Gasteiger partial charge in [-0.3, -0.25) is 0 Å². The highest BCUT2D eigenvalue weighted by molar-refractivity contribution is 6.00. The first-order valence-corrected chi connectivity index (χ1v) is 12.7. The number of amides is 1. The topological polar surface area (TPSA) is 107 Å². The number of anilines is 3. The minimum absolute atomic E-state index is 0.388. The molecule has 198 valence electrons. The van der Waals surface area contributed by atoms with Gasteiger partial charge in [-0.25, -0.2) is 9.69 Å². The number of carboxylic acid groups (broad SMARTS) is 1. The number of aromatic nitrogens is 4. The molecular weight excluding hydrogens is 480 g/mol. The Balaban J connectivity index is 1.93. The van der Waals surface area contributed by atoms with Gasteiger partial charge in [0.15, 0.2) is 0 Å². The van der Waals surface area contributed by atoms with Crippen LogP contribution in [0.3, 0.4) is 0 Å². The molecule has 0 aliphatic heterocycles. The van der Waals surface area contributed by atoms with Crippen molar-refractivity contribution in [2.45, 2.75) is 27.7 Å². The summed E-state index contributed by atoms with van der Waals surface area (Å²) in [7, 11) is 1.59. The number of nitrogens with zero attached hydrogens (tertiary/aromatic N) is 5. The van der Waals surface area contributed by atoms with Crippen LogP contribution < -0.4 is 14.5 Å². The second kappa shape index (κ2) is 11.8. The van der Waals surface area contributed by atoms with Gasteiger partial charge in [-0.05, 0) is 64.6 Å². The molecule has 0 radical (unpaired) electrons. The summed E-state index contributed by atoms with van der Waals surface area (Å²) in [5, 5.41) is 25.0. The molecule has 0 aliphatic rings. The number of aromatic amines is 1. The molecule has 0 unspecified atom stereocenters. The Morgan fingerprint density at radius 1 is 0.921 bits per heavy atom. The zero-order valence-electron chi connectivity index (χ0n) is 22.4. The van der Waals surface area contributed by atoms with Crippen molar-refractivity contribution in [2.75, 3.05) is 30.0 Å². The Labute approximate surface area is 223 Å². The highest BCUT2D eigenvalue weighted by Crippen LogP contribution is 2.41. The zero-order valence-corrected chi connectivity index (χ0v) is 22.4. The third kappa shape index (κ3) is 5.94. The summed E-state index contributed by atoms with van der Waals surface area (Å²) >= 11 is 0. The number of H-pyrrole nitrogens is 1. The number of tetrazole rings is 1. The molecule has 0 aliphatic carbocycles. The summed E-state index contributed by atoms with van der Waals surface area (Å²) in [5.41, 5.74) is 4.47. The van der Waals surface area contributed by atoms with E-state index >= 15 is 0 Å². The van der Waals surface area contributed by atoms with Gasteiger partial charge < -0.3 is 14.7 Å². The molecule has 4 aromatic rings. The SMILES string of the molecule is COc1ccc(N(C(=O)O)c2cc(-c3ccccc3-c3nn[nH]n3)ccc2N(CC(C)C)CC(C)C)cc1. The third-order valence-corrected chi connectivity index (χ3v) is 6.07. The number of methoxy groups -OCH3 is 1. The lowest BCUT2D eigenvalue weighted by molar-refractivity contribution is 0.205. The van der Waals surface area contributed by atoms with Gasteiger partial charge in [0.25, 0.3) is 0 Å². The molecule has 0 saturated heterocycles. The van der Waals surface area contributed by atoms with E-state index in [0.717, 1.165) is 35.5 Å². The molecule has 0 bridgehead atoms. The van der Waals surface area contributed by atoms with Crippen LogP contribution in [0.25, 0.3) is 22.5 Å². The van der Waals surface area contributed by atoms with E-state index in [2.05, 4.69) is 53.2 Å². The lowest BCUT2D eigenvalue weighted by Gasteiger charge is -2.33. The van der Waals surface area contributed by atoms with Crippen molar-refractivity contribution in [3.8, 4) is 28.3 Å². The van der Waals surface area contributed by atoms with E-state index < -0.39 is 6.09 Å². The number of hydrogen-bond acceptors (Lipinski definition) is 6. The highest BCUT2D eigenvalue weighted by atomic mass is 16.5. The van der Waals surface area contributed by atoms with E-state index in [1.165, 1.54) is 4.90 Å². The average Bonchev–Trinajstić information content (AvgIpc) is 3.43. The van der Waals surface area contributed by atoms with Gasteiger partial charge >= 0.3 is 6.09 Å². The third-order valence-electron chi connectivity index (χ3n) is 6.07. The van der Waals surface area contributed by atoms with Gasteiger partial charge in [-0.15, -0.1) is 10.2 Å². The van der Waals surface area contributed by atoms with Crippen molar-refractivity contribution in [3.63, 3.8) is 0 Å². The summed E-state index contributed by atoms with van der Waals surface area (Å²) < 4.78 is 5.30. The molecule has 0 fully saturated rings. The van der Waals surface area contributed by atoms with Crippen LogP contribution in [0.2, 0.25) is 0 Å². The van der Waals surface area contributed by atoms with E-state index in [1.807, 2.05) is 42.5 Å². The first-order chi connectivity index (χ1) is 18.3. The van der Waals surface area contributed by atoms with Gasteiger partial charge in [0.2, 0.25) is 5.82 Å². The molecule has 38 heavy (non-hydrogen) atoms. The maximum atomic E-state index is 12.8. The van der Waals surface area contributed by atoms with Gasteiger partial charge in [0.05, 0.1) is 24.2 Å². The maximum Gasteiger partial charge on any atom is 0.416 e. The van der Waals surface area contributed by atoms with Crippen molar-refractivity contribution in [2.24, 2.45) is 11.8 Å². The summed E-state index contributed by atoms with van der Waals surface area (Å²) in [6.07, 6.45) is -1.07. The molecule has 0 spiro atoms. The fourth-order valence-corrected chi connectivity index (χ4v) is 4.58. The second-order valence-electron chi connectivity index (χ2n) is 9.99. The van der Waals surface area contributed by atoms with Gasteiger partial charge in [0.1, 0.15) is 5.75 Å². The predicted molar refractivity (Wildman–Crippen MR) is 150 cm³/mol. The van der Waals surface area contributed by atoms with E-state index in [0.29, 0.717) is 34.8 Å². The molecule has 1 aromatic heterocycles. The standard InChI is InChI=1S/C29H34N6O3/c1-19(2)17-34(18-20(3)4)26-15-10-21(24-8-6-7-9-25(24)28-30-32-33-31-28)16-27(26)35(29(36)37)22-11-13-23(38-5)14-12-22/h6-16,19-20H,17-18H2,1-5H3,(H,36,37)(H,30,31,32,33). The Bertz CT molecular complexity index is 1340. The Kier molecular flexibility index (Phi) is 8.25. The largest absolute Gasteiger partial charge is 0.497 e. The van der Waals surface area contributed by atoms with Crippen LogP contribution in [0.15, 0.2) is 66.7 Å². The summed E-state index contributed by atoms with van der Waals surface area (Å²) in [6.45, 7) is 10.3. The molecule has 2 N–H and O–H groups in total. The van der Waals surface area contributed by atoms with Crippen LogP contribution in [0.5, 0.6) is 5.75 Å². The summed E-state index contributed by atoms with van der Waals surface area (Å²) in [6, 6.07) is 20.8. The monoisotopic (exact) mass is 514 g/mol. The normalized spacial score (nSPS) is 11.1. The molecule has 3 aromatic carbocycles. The first kappa shape index (κ1) is 26.7. The van der Waals surface area contributed by atoms with Crippen molar-refractivity contribution in [3.05, 3.63) is 66.7 Å². The zero-order chi connectivity index (χ0) is 27.2. The summed E-state index contributed by atoms with van der Waals surface area (Å²) in [4.78, 5) is 16.4. The van der Waals surface area contributed by atoms with Crippen LogP contribution in [-0.2, 0) is 0 Å². The van der Waals surface area contributed by atoms with Crippen molar-refractivity contribution < 1.29 is 14.6 Å². The molecule has 1 heterocycles. The number of ether oxygens (including phenoxy) is 1. The van der Waals surface area contributed by atoms with Crippen molar-refractivity contribution in [1.29, 1.82) is 0 Å². The smallest absolute Gasteiger partial charge is 0.416 e. The minimum atomic E-state index is -1.07. The van der Waals surface area contributed by atoms with E-state index in [-0.39, 0.29) is 0 Å². The lowest BCUT2D eigenvalue weighted by Crippen LogP contribution is -2.34. The number of hydrogen-bond donors (Lipinski definition) is 2. The molecule has 0 atom stereocenters. The summed E-state index contributed by atoms with van der Waals surface area (Å²) in [5.74, 6) is 1.90. The quantitative estimate of drug-likeness (QED) is 0.249. The van der Waals surface area contributed by atoms with Crippen LogP contribution in [-0.4, -0.2) is 52.0 Å². The number of rotatable bonds is 10. The minimum Gasteiger partial charge on any atom is -0.497 e. The lowest BCUT2D eigenvalue weighted by atomic mass is 9.97. The molecular formula is C29H34N6O3. The van der Waals surface area contributed by atoms with Gasteiger partial charge in [0, 0.05) is 18.7 Å². The van der Waals surface area contributed by atoms with E-state index in [1.54, 1.807) is 31.4 Å². The predicted octanol–water partition coefficient (Wildman–Crippen LogP) is 6.48. The molecule has 0 saturated carbocycles. The Morgan fingerprint density at radius 2 is 1.58 bits per heavy atom. The number of nitrogens with one attached hydrogen (secondary N) is 1. The average molecular weight is 515 g/mol. The maximum absolute atomic E-state index is 12.8. The van der Waals surface area contributed by atoms with E-state index in [9.17, 15) is 9.90 Å². The molecule has 4 rings (SSSR count). The number of carbonyl (C=O) groups is 1. The molecule has 9 nitrogen and oxygen atoms in total.